The van der Waals surface area contributed by atoms with Crippen LogP contribution >= 0.6 is 0 Å². The predicted molar refractivity (Wildman–Crippen MR) is 107 cm³/mol. The summed E-state index contributed by atoms with van der Waals surface area (Å²) in [4.78, 5) is 12.4. The normalized spacial score (nSPS) is 20.7. The number of rotatable bonds is 5. The van der Waals surface area contributed by atoms with Gasteiger partial charge in [0.05, 0.1) is 11.3 Å². The van der Waals surface area contributed by atoms with E-state index in [1.165, 1.54) is 18.2 Å². The van der Waals surface area contributed by atoms with Gasteiger partial charge in [0.2, 0.25) is 15.9 Å². The average Bonchev–Trinajstić information content (AvgIpc) is 2.64. The van der Waals surface area contributed by atoms with E-state index in [1.54, 1.807) is 34.6 Å². The molecule has 1 fully saturated rings. The Balaban J connectivity index is 1.71. The number of hydrogen-bond donors (Lipinski definition) is 1. The monoisotopic (exact) mass is 404 g/mol. The molecule has 7 heteroatoms. The Labute approximate surface area is 165 Å². The van der Waals surface area contributed by atoms with Crippen molar-refractivity contribution in [1.29, 1.82) is 0 Å². The second-order valence-electron chi connectivity index (χ2n) is 7.30. The summed E-state index contributed by atoms with van der Waals surface area (Å²) in [6, 6.07) is 12.2. The van der Waals surface area contributed by atoms with Crippen molar-refractivity contribution in [2.45, 2.75) is 56.5 Å². The Hall–Kier alpha value is -2.25. The first-order valence-corrected chi connectivity index (χ1v) is 10.9. The Morgan fingerprint density at radius 3 is 2.29 bits per heavy atom. The van der Waals surface area contributed by atoms with E-state index in [9.17, 15) is 17.6 Å². The molecule has 0 saturated carbocycles. The third-order valence-corrected chi connectivity index (χ3v) is 7.28. The van der Waals surface area contributed by atoms with E-state index in [1.807, 2.05) is 13.8 Å². The molecule has 28 heavy (non-hydrogen) atoms. The lowest BCUT2D eigenvalue weighted by molar-refractivity contribution is -0.115. The molecule has 2 aromatic carbocycles. The van der Waals surface area contributed by atoms with Gasteiger partial charge in [0.1, 0.15) is 5.82 Å². The molecule has 1 heterocycles. The Morgan fingerprint density at radius 1 is 1.07 bits per heavy atom. The Morgan fingerprint density at radius 2 is 1.68 bits per heavy atom. The van der Waals surface area contributed by atoms with Crippen LogP contribution in [0.1, 0.15) is 38.7 Å². The molecule has 1 saturated heterocycles. The largest absolute Gasteiger partial charge is 0.326 e. The highest BCUT2D eigenvalue weighted by Gasteiger charge is 2.35. The van der Waals surface area contributed by atoms with Gasteiger partial charge in [-0.15, -0.1) is 0 Å². The summed E-state index contributed by atoms with van der Waals surface area (Å²) in [5, 5.41) is 2.68. The number of hydrogen-bond acceptors (Lipinski definition) is 3. The molecule has 150 valence electrons. The molecule has 1 aliphatic heterocycles. The molecule has 2 aromatic rings. The zero-order valence-electron chi connectivity index (χ0n) is 16.1. The van der Waals surface area contributed by atoms with Gasteiger partial charge in [-0.05, 0) is 62.6 Å². The van der Waals surface area contributed by atoms with Crippen LogP contribution in [0, 0.1) is 5.82 Å². The molecule has 0 unspecified atom stereocenters. The number of nitrogens with one attached hydrogen (secondary N) is 1. The summed E-state index contributed by atoms with van der Waals surface area (Å²) < 4.78 is 41.3. The van der Waals surface area contributed by atoms with Crippen molar-refractivity contribution >= 4 is 21.6 Å². The number of benzene rings is 2. The molecule has 0 bridgehead atoms. The van der Waals surface area contributed by atoms with Crippen molar-refractivity contribution in [2.75, 3.05) is 5.32 Å². The molecule has 0 radical (unpaired) electrons. The van der Waals surface area contributed by atoms with Gasteiger partial charge in [-0.2, -0.15) is 4.31 Å². The fourth-order valence-electron chi connectivity index (χ4n) is 3.72. The maximum absolute atomic E-state index is 13.7. The van der Waals surface area contributed by atoms with Gasteiger partial charge in [-0.25, -0.2) is 12.8 Å². The highest BCUT2D eigenvalue weighted by atomic mass is 32.2. The number of carbonyl (C=O) groups excluding carboxylic acids is 1. The zero-order chi connectivity index (χ0) is 20.3. The van der Waals surface area contributed by atoms with Crippen molar-refractivity contribution < 1.29 is 17.6 Å². The van der Waals surface area contributed by atoms with Crippen LogP contribution in [0.3, 0.4) is 0 Å². The number of sulfonamides is 1. The Kier molecular flexibility index (Phi) is 6.15. The minimum Gasteiger partial charge on any atom is -0.326 e. The maximum atomic E-state index is 13.7. The van der Waals surface area contributed by atoms with Crippen LogP contribution in [0.2, 0.25) is 0 Å². The number of anilines is 1. The number of halogens is 1. The van der Waals surface area contributed by atoms with Gasteiger partial charge in [-0.3, -0.25) is 4.79 Å². The average molecular weight is 405 g/mol. The molecule has 0 aliphatic carbocycles. The number of piperidine rings is 1. The smallest absolute Gasteiger partial charge is 0.243 e. The highest BCUT2D eigenvalue weighted by Crippen LogP contribution is 2.30. The first kappa shape index (κ1) is 20.5. The fraction of sp³-hybridized carbons (Fsp3) is 0.381. The fourth-order valence-corrected chi connectivity index (χ4v) is 5.61. The van der Waals surface area contributed by atoms with Crippen LogP contribution in [0.5, 0.6) is 0 Å². The summed E-state index contributed by atoms with van der Waals surface area (Å²) in [6.07, 6.45) is 2.65. The number of nitrogens with zero attached hydrogens (tertiary/aromatic N) is 1. The minimum absolute atomic E-state index is 0.0334. The van der Waals surface area contributed by atoms with Gasteiger partial charge in [0, 0.05) is 17.8 Å². The van der Waals surface area contributed by atoms with E-state index in [4.69, 9.17) is 0 Å². The maximum Gasteiger partial charge on any atom is 0.243 e. The molecule has 0 aromatic heterocycles. The minimum atomic E-state index is -3.59. The summed E-state index contributed by atoms with van der Waals surface area (Å²) in [7, 11) is -3.59. The lowest BCUT2D eigenvalue weighted by atomic mass is 10.0. The van der Waals surface area contributed by atoms with Crippen molar-refractivity contribution in [3.63, 3.8) is 0 Å². The third-order valence-electron chi connectivity index (χ3n) is 5.13. The van der Waals surface area contributed by atoms with Crippen molar-refractivity contribution in [1.82, 2.24) is 4.31 Å². The quantitative estimate of drug-likeness (QED) is 0.820. The van der Waals surface area contributed by atoms with Crippen LogP contribution in [0.4, 0.5) is 10.1 Å². The number of carbonyl (C=O) groups is 1. The summed E-state index contributed by atoms with van der Waals surface area (Å²) in [5.41, 5.74) is 0.785. The van der Waals surface area contributed by atoms with E-state index >= 15 is 0 Å². The van der Waals surface area contributed by atoms with Gasteiger partial charge >= 0.3 is 0 Å². The molecule has 0 spiro atoms. The molecule has 5 nitrogen and oxygen atoms in total. The lowest BCUT2D eigenvalue weighted by Crippen LogP contribution is -2.47. The first-order chi connectivity index (χ1) is 13.3. The molecular weight excluding hydrogens is 379 g/mol. The highest BCUT2D eigenvalue weighted by molar-refractivity contribution is 7.89. The molecule has 1 amide bonds. The second-order valence-corrected chi connectivity index (χ2v) is 9.15. The summed E-state index contributed by atoms with van der Waals surface area (Å²) in [5.74, 6) is -0.789. The zero-order valence-corrected chi connectivity index (χ0v) is 16.9. The van der Waals surface area contributed by atoms with Gasteiger partial charge in [0.25, 0.3) is 0 Å². The standard InChI is InChI=1S/C21H25FN2O3S/c1-15-6-5-7-16(2)24(15)28(26,27)19-12-10-18(11-13-19)23-21(25)14-17-8-3-4-9-20(17)22/h3-4,8-13,15-16H,5-7,14H2,1-2H3,(H,23,25)/t15-,16+. The van der Waals surface area contributed by atoms with E-state index in [2.05, 4.69) is 5.32 Å². The predicted octanol–water partition coefficient (Wildman–Crippen LogP) is 3.96. The molecule has 2 atom stereocenters. The molecule has 3 rings (SSSR count). The molecule has 1 aliphatic rings. The SMILES string of the molecule is C[C@@H]1CCC[C@H](C)N1S(=O)(=O)c1ccc(NC(=O)Cc2ccccc2F)cc1. The van der Waals surface area contributed by atoms with Crippen molar-refractivity contribution in [3.05, 3.63) is 59.9 Å². The van der Waals surface area contributed by atoms with Crippen LogP contribution in [-0.4, -0.2) is 30.7 Å². The van der Waals surface area contributed by atoms with Gasteiger partial charge < -0.3 is 5.32 Å². The van der Waals surface area contributed by atoms with Crippen molar-refractivity contribution in [3.8, 4) is 0 Å². The first-order valence-electron chi connectivity index (χ1n) is 9.46. The van der Waals surface area contributed by atoms with Crippen LogP contribution < -0.4 is 5.32 Å². The molecule has 1 N–H and O–H groups in total. The molecular formula is C21H25FN2O3S. The van der Waals surface area contributed by atoms with E-state index < -0.39 is 15.8 Å². The van der Waals surface area contributed by atoms with E-state index in [-0.39, 0.29) is 29.3 Å². The lowest BCUT2D eigenvalue weighted by Gasteiger charge is -2.37. The van der Waals surface area contributed by atoms with Crippen molar-refractivity contribution in [2.24, 2.45) is 0 Å². The number of amides is 1. The summed E-state index contributed by atoms with van der Waals surface area (Å²) >= 11 is 0. The van der Waals surface area contributed by atoms with Crippen LogP contribution in [0.25, 0.3) is 0 Å². The van der Waals surface area contributed by atoms with Crippen LogP contribution in [-0.2, 0) is 21.2 Å². The second kappa shape index (κ2) is 8.41. The summed E-state index contributed by atoms with van der Waals surface area (Å²) in [6.45, 7) is 3.87. The van der Waals surface area contributed by atoms with E-state index in [0.717, 1.165) is 19.3 Å². The van der Waals surface area contributed by atoms with Gasteiger partial charge in [0.15, 0.2) is 0 Å². The third kappa shape index (κ3) is 4.42. The topological polar surface area (TPSA) is 66.5 Å². The Bertz CT molecular complexity index is 934. The van der Waals surface area contributed by atoms with E-state index in [0.29, 0.717) is 11.3 Å². The van der Waals surface area contributed by atoms with Gasteiger partial charge in [-0.1, -0.05) is 24.6 Å². The van der Waals surface area contributed by atoms with Crippen LogP contribution in [0.15, 0.2) is 53.4 Å².